The first kappa shape index (κ1) is 15.2. The van der Waals surface area contributed by atoms with Crippen molar-refractivity contribution in [3.05, 3.63) is 40.4 Å². The molecule has 0 bridgehead atoms. The van der Waals surface area contributed by atoms with Gasteiger partial charge in [-0.25, -0.2) is 0 Å². The van der Waals surface area contributed by atoms with Gasteiger partial charge in [-0.15, -0.1) is 0 Å². The molecule has 9 nitrogen and oxygen atoms in total. The van der Waals surface area contributed by atoms with Crippen LogP contribution in [-0.4, -0.2) is 33.8 Å². The summed E-state index contributed by atoms with van der Waals surface area (Å²) >= 11 is 0. The molecule has 0 aliphatic carbocycles. The van der Waals surface area contributed by atoms with Crippen LogP contribution in [0, 0.1) is 16.0 Å². The average Bonchev–Trinajstić information content (AvgIpc) is 3.18. The minimum Gasteiger partial charge on any atom is -0.395 e. The van der Waals surface area contributed by atoms with Crippen LogP contribution in [0.4, 0.5) is 11.6 Å². The van der Waals surface area contributed by atoms with Crippen molar-refractivity contribution in [2.24, 2.45) is 5.92 Å². The Bertz CT molecular complexity index is 702. The van der Waals surface area contributed by atoms with Crippen molar-refractivity contribution >= 4 is 17.5 Å². The van der Waals surface area contributed by atoms with Gasteiger partial charge >= 0.3 is 5.88 Å². The minimum absolute atomic E-state index is 0.117. The van der Waals surface area contributed by atoms with Gasteiger partial charge in [-0.05, 0) is 24.8 Å². The van der Waals surface area contributed by atoms with Gasteiger partial charge in [-0.2, -0.15) is 5.10 Å². The van der Waals surface area contributed by atoms with Gasteiger partial charge in [0.2, 0.25) is 0 Å². The third-order valence-corrected chi connectivity index (χ3v) is 3.67. The molecular formula is C14H16N4O5. The molecule has 1 saturated heterocycles. The molecule has 0 spiro atoms. The Kier molecular flexibility index (Phi) is 4.38. The summed E-state index contributed by atoms with van der Waals surface area (Å²) in [5.41, 5.74) is 0.515. The summed E-state index contributed by atoms with van der Waals surface area (Å²) in [5.74, 6) is -0.622. The standard InChI is InChI=1S/C14H16N4O5/c19-14(12-1-2-13(23-12)18(20)21)16-11-7-15-17(9-11)8-10-3-5-22-6-4-10/h1-2,7,9-10H,3-6,8H2,(H,16,19). The third-order valence-electron chi connectivity index (χ3n) is 3.67. The summed E-state index contributed by atoms with van der Waals surface area (Å²) in [6.07, 6.45) is 5.26. The molecule has 0 aromatic carbocycles. The SMILES string of the molecule is O=C(Nc1cnn(CC2CCOCC2)c1)c1ccc([N+](=O)[O-])o1. The Balaban J connectivity index is 1.59. The van der Waals surface area contributed by atoms with Gasteiger partial charge in [0.15, 0.2) is 5.76 Å². The lowest BCUT2D eigenvalue weighted by Crippen LogP contribution is -2.20. The van der Waals surface area contributed by atoms with Crippen molar-refractivity contribution in [1.29, 1.82) is 0 Å². The van der Waals surface area contributed by atoms with E-state index in [1.54, 1.807) is 10.9 Å². The molecule has 1 N–H and O–H groups in total. The van der Waals surface area contributed by atoms with Crippen LogP contribution in [0.15, 0.2) is 28.9 Å². The van der Waals surface area contributed by atoms with E-state index in [0.29, 0.717) is 11.6 Å². The lowest BCUT2D eigenvalue weighted by atomic mass is 10.0. The molecule has 0 atom stereocenters. The number of carbonyl (C=O) groups excluding carboxylic acids is 1. The van der Waals surface area contributed by atoms with Crippen LogP contribution in [0.1, 0.15) is 23.4 Å². The fraction of sp³-hybridized carbons (Fsp3) is 0.429. The predicted molar refractivity (Wildman–Crippen MR) is 79.1 cm³/mol. The number of amides is 1. The van der Waals surface area contributed by atoms with Gasteiger partial charge in [-0.1, -0.05) is 0 Å². The van der Waals surface area contributed by atoms with E-state index >= 15 is 0 Å². The summed E-state index contributed by atoms with van der Waals surface area (Å²) in [6, 6.07) is 2.41. The Morgan fingerprint density at radius 2 is 2.22 bits per heavy atom. The maximum atomic E-state index is 12.0. The number of hydrogen-bond acceptors (Lipinski definition) is 6. The number of aromatic nitrogens is 2. The molecule has 0 unspecified atom stereocenters. The minimum atomic E-state index is -0.692. The zero-order valence-electron chi connectivity index (χ0n) is 12.3. The van der Waals surface area contributed by atoms with Crippen molar-refractivity contribution in [1.82, 2.24) is 9.78 Å². The maximum Gasteiger partial charge on any atom is 0.433 e. The van der Waals surface area contributed by atoms with E-state index in [9.17, 15) is 14.9 Å². The third kappa shape index (κ3) is 3.75. The zero-order valence-corrected chi connectivity index (χ0v) is 12.3. The zero-order chi connectivity index (χ0) is 16.2. The van der Waals surface area contributed by atoms with E-state index in [-0.39, 0.29) is 5.76 Å². The summed E-state index contributed by atoms with van der Waals surface area (Å²) in [6.45, 7) is 2.31. The topological polar surface area (TPSA) is 112 Å². The van der Waals surface area contributed by atoms with Crippen LogP contribution in [0.3, 0.4) is 0 Å². The highest BCUT2D eigenvalue weighted by molar-refractivity contribution is 6.02. The van der Waals surface area contributed by atoms with Gasteiger partial charge in [0, 0.05) is 26.0 Å². The summed E-state index contributed by atoms with van der Waals surface area (Å²) in [4.78, 5) is 21.8. The Labute approximate surface area is 131 Å². The number of nitrogens with one attached hydrogen (secondary N) is 1. The van der Waals surface area contributed by atoms with E-state index in [1.807, 2.05) is 0 Å². The molecule has 3 rings (SSSR count). The quantitative estimate of drug-likeness (QED) is 0.666. The van der Waals surface area contributed by atoms with E-state index < -0.39 is 16.7 Å². The Morgan fingerprint density at radius 3 is 2.91 bits per heavy atom. The van der Waals surface area contributed by atoms with Crippen LogP contribution in [0.25, 0.3) is 0 Å². The highest BCUT2D eigenvalue weighted by Crippen LogP contribution is 2.19. The molecule has 1 fully saturated rings. The molecule has 2 aromatic rings. The highest BCUT2D eigenvalue weighted by Gasteiger charge is 2.18. The first-order valence-corrected chi connectivity index (χ1v) is 7.27. The highest BCUT2D eigenvalue weighted by atomic mass is 16.6. The van der Waals surface area contributed by atoms with Gasteiger partial charge in [0.05, 0.1) is 18.0 Å². The molecule has 122 valence electrons. The fourth-order valence-corrected chi connectivity index (χ4v) is 2.46. The summed E-state index contributed by atoms with van der Waals surface area (Å²) < 4.78 is 11.9. The van der Waals surface area contributed by atoms with E-state index in [0.717, 1.165) is 38.7 Å². The van der Waals surface area contributed by atoms with Gasteiger partial charge < -0.3 is 14.5 Å². The molecule has 23 heavy (non-hydrogen) atoms. The molecular weight excluding hydrogens is 304 g/mol. The average molecular weight is 320 g/mol. The second-order valence-electron chi connectivity index (χ2n) is 5.36. The van der Waals surface area contributed by atoms with Crippen LogP contribution in [0.2, 0.25) is 0 Å². The van der Waals surface area contributed by atoms with Crippen molar-refractivity contribution in [3.63, 3.8) is 0 Å². The van der Waals surface area contributed by atoms with E-state index in [4.69, 9.17) is 9.15 Å². The summed E-state index contributed by atoms with van der Waals surface area (Å²) in [7, 11) is 0. The normalized spacial score (nSPS) is 15.5. The van der Waals surface area contributed by atoms with Crippen molar-refractivity contribution in [2.45, 2.75) is 19.4 Å². The molecule has 1 aliphatic heterocycles. The number of anilines is 1. The maximum absolute atomic E-state index is 12.0. The van der Waals surface area contributed by atoms with Gasteiger partial charge in [0.25, 0.3) is 5.91 Å². The van der Waals surface area contributed by atoms with Crippen molar-refractivity contribution < 1.29 is 18.9 Å². The lowest BCUT2D eigenvalue weighted by molar-refractivity contribution is -0.402. The molecule has 1 amide bonds. The second-order valence-corrected chi connectivity index (χ2v) is 5.36. The number of rotatable bonds is 5. The number of nitrogens with zero attached hydrogens (tertiary/aromatic N) is 3. The molecule has 0 radical (unpaired) electrons. The number of ether oxygens (including phenoxy) is 1. The van der Waals surface area contributed by atoms with Crippen LogP contribution < -0.4 is 5.32 Å². The molecule has 0 saturated carbocycles. The monoisotopic (exact) mass is 320 g/mol. The number of furan rings is 1. The molecule has 3 heterocycles. The van der Waals surface area contributed by atoms with Gasteiger partial charge in [0.1, 0.15) is 4.92 Å². The van der Waals surface area contributed by atoms with Crippen molar-refractivity contribution in [2.75, 3.05) is 18.5 Å². The molecule has 2 aromatic heterocycles. The van der Waals surface area contributed by atoms with Crippen molar-refractivity contribution in [3.8, 4) is 0 Å². The van der Waals surface area contributed by atoms with E-state index in [2.05, 4.69) is 10.4 Å². The Hall–Kier alpha value is -2.68. The second kappa shape index (κ2) is 6.61. The molecule has 1 aliphatic rings. The predicted octanol–water partition coefficient (Wildman–Crippen LogP) is 2.06. The number of hydrogen-bond donors (Lipinski definition) is 1. The van der Waals surface area contributed by atoms with Gasteiger partial charge in [-0.3, -0.25) is 19.6 Å². The first-order valence-electron chi connectivity index (χ1n) is 7.27. The Morgan fingerprint density at radius 1 is 1.43 bits per heavy atom. The number of nitro groups is 1. The van der Waals surface area contributed by atoms with E-state index in [1.165, 1.54) is 12.3 Å². The largest absolute Gasteiger partial charge is 0.433 e. The summed E-state index contributed by atoms with van der Waals surface area (Å²) in [5, 5.41) is 17.4. The lowest BCUT2D eigenvalue weighted by Gasteiger charge is -2.21. The van der Waals surface area contributed by atoms with Crippen LogP contribution >= 0.6 is 0 Å². The number of carbonyl (C=O) groups is 1. The van der Waals surface area contributed by atoms with Crippen LogP contribution in [0.5, 0.6) is 0 Å². The first-order chi connectivity index (χ1) is 11.1. The smallest absolute Gasteiger partial charge is 0.395 e. The molecule has 9 heteroatoms. The fourth-order valence-electron chi connectivity index (χ4n) is 2.46. The van der Waals surface area contributed by atoms with Crippen LogP contribution in [-0.2, 0) is 11.3 Å².